The molecule has 0 spiro atoms. The molecule has 0 heterocycles. The minimum Gasteiger partial charge on any atom is -0.502 e. The molecule has 0 aliphatic carbocycles. The Kier molecular flexibility index (Phi) is 3.69. The van der Waals surface area contributed by atoms with Gasteiger partial charge in [-0.25, -0.2) is 0 Å². The maximum absolute atomic E-state index is 10.7. The third-order valence-electron chi connectivity index (χ3n) is 2.80. The second-order valence-electron chi connectivity index (χ2n) is 4.63. The number of phenols is 1. The van der Waals surface area contributed by atoms with Crippen LogP contribution in [0.4, 0.5) is 5.69 Å². The highest BCUT2D eigenvalue weighted by molar-refractivity contribution is 5.48. The number of hydrogen-bond acceptors (Lipinski definition) is 5. The molecule has 94 valence electrons. The van der Waals surface area contributed by atoms with Crippen LogP contribution in [0.1, 0.15) is 25.5 Å². The van der Waals surface area contributed by atoms with Crippen LogP contribution in [0.5, 0.6) is 5.75 Å². The summed E-state index contributed by atoms with van der Waals surface area (Å²) in [7, 11) is 0. The number of benzene rings is 1. The molecule has 6 heteroatoms. The first kappa shape index (κ1) is 13.4. The first-order chi connectivity index (χ1) is 7.79. The van der Waals surface area contributed by atoms with Gasteiger partial charge in [-0.15, -0.1) is 0 Å². The smallest absolute Gasteiger partial charge is 0.311 e. The predicted molar refractivity (Wildman–Crippen MR) is 62.6 cm³/mol. The first-order valence-electron chi connectivity index (χ1n) is 5.13. The van der Waals surface area contributed by atoms with Crippen LogP contribution in [-0.4, -0.2) is 21.7 Å². The van der Waals surface area contributed by atoms with E-state index < -0.39 is 22.1 Å². The van der Waals surface area contributed by atoms with Crippen molar-refractivity contribution in [2.45, 2.75) is 19.9 Å². The molecule has 1 aromatic rings. The summed E-state index contributed by atoms with van der Waals surface area (Å²) in [6.07, 6.45) is 0. The van der Waals surface area contributed by atoms with E-state index in [1.807, 2.05) is 0 Å². The molecule has 6 nitrogen and oxygen atoms in total. The molecular formula is C11H16N2O4. The fourth-order valence-corrected chi connectivity index (χ4v) is 1.43. The van der Waals surface area contributed by atoms with Crippen molar-refractivity contribution in [3.8, 4) is 5.75 Å². The van der Waals surface area contributed by atoms with E-state index in [0.717, 1.165) is 0 Å². The molecule has 0 aromatic heterocycles. The molecule has 0 aliphatic rings. The van der Waals surface area contributed by atoms with E-state index in [0.29, 0.717) is 5.56 Å². The van der Waals surface area contributed by atoms with Crippen molar-refractivity contribution in [2.75, 3.05) is 6.61 Å². The molecule has 0 unspecified atom stereocenters. The lowest BCUT2D eigenvalue weighted by Gasteiger charge is -2.29. The van der Waals surface area contributed by atoms with Crippen molar-refractivity contribution in [2.24, 2.45) is 11.1 Å². The SMILES string of the molecule is CC(C)(CO)[C@@H](N)c1ccc(O)c([N+](=O)[O-])c1. The van der Waals surface area contributed by atoms with Crippen LogP contribution in [0, 0.1) is 15.5 Å². The Labute approximate surface area is 98.8 Å². The van der Waals surface area contributed by atoms with E-state index in [1.54, 1.807) is 13.8 Å². The lowest BCUT2D eigenvalue weighted by Crippen LogP contribution is -2.32. The Morgan fingerprint density at radius 2 is 2.12 bits per heavy atom. The van der Waals surface area contributed by atoms with Crippen molar-refractivity contribution in [3.05, 3.63) is 33.9 Å². The van der Waals surface area contributed by atoms with Crippen molar-refractivity contribution in [3.63, 3.8) is 0 Å². The number of aliphatic hydroxyl groups is 1. The van der Waals surface area contributed by atoms with Crippen LogP contribution in [0.3, 0.4) is 0 Å². The second-order valence-corrected chi connectivity index (χ2v) is 4.63. The summed E-state index contributed by atoms with van der Waals surface area (Å²) >= 11 is 0. The number of nitro groups is 1. The number of aliphatic hydroxyl groups excluding tert-OH is 1. The molecule has 0 radical (unpaired) electrons. The molecule has 1 rings (SSSR count). The van der Waals surface area contributed by atoms with Gasteiger partial charge in [-0.05, 0) is 11.6 Å². The molecule has 4 N–H and O–H groups in total. The van der Waals surface area contributed by atoms with Gasteiger partial charge in [0.25, 0.3) is 0 Å². The summed E-state index contributed by atoms with van der Waals surface area (Å²) in [5, 5.41) is 29.2. The monoisotopic (exact) mass is 240 g/mol. The standard InChI is InChI=1S/C11H16N2O4/c1-11(2,6-14)10(12)7-3-4-9(15)8(5-7)13(16)17/h3-5,10,14-15H,6,12H2,1-2H3/t10-/m0/s1. The summed E-state index contributed by atoms with van der Waals surface area (Å²) in [4.78, 5) is 10.0. The number of phenolic OH excluding ortho intramolecular Hbond substituents is 1. The lowest BCUT2D eigenvalue weighted by molar-refractivity contribution is -0.385. The quantitative estimate of drug-likeness (QED) is 0.543. The van der Waals surface area contributed by atoms with Gasteiger partial charge >= 0.3 is 5.69 Å². The zero-order valence-corrected chi connectivity index (χ0v) is 9.75. The van der Waals surface area contributed by atoms with Crippen LogP contribution in [-0.2, 0) is 0 Å². The van der Waals surface area contributed by atoms with Crippen LogP contribution in [0.25, 0.3) is 0 Å². The fourth-order valence-electron chi connectivity index (χ4n) is 1.43. The van der Waals surface area contributed by atoms with Crippen molar-refractivity contribution in [1.29, 1.82) is 0 Å². The number of hydrogen-bond donors (Lipinski definition) is 3. The average molecular weight is 240 g/mol. The van der Waals surface area contributed by atoms with E-state index >= 15 is 0 Å². The van der Waals surface area contributed by atoms with Crippen molar-refractivity contribution < 1.29 is 15.1 Å². The second kappa shape index (κ2) is 4.68. The third-order valence-corrected chi connectivity index (χ3v) is 2.80. The Hall–Kier alpha value is -1.66. The molecular weight excluding hydrogens is 224 g/mol. The molecule has 1 atom stereocenters. The van der Waals surface area contributed by atoms with E-state index in [9.17, 15) is 20.3 Å². The molecule has 17 heavy (non-hydrogen) atoms. The summed E-state index contributed by atoms with van der Waals surface area (Å²) in [5.74, 6) is -0.396. The van der Waals surface area contributed by atoms with Crippen LogP contribution >= 0.6 is 0 Å². The van der Waals surface area contributed by atoms with E-state index in [-0.39, 0.29) is 12.3 Å². The number of nitrogens with zero attached hydrogens (tertiary/aromatic N) is 1. The highest BCUT2D eigenvalue weighted by atomic mass is 16.6. The maximum Gasteiger partial charge on any atom is 0.311 e. The van der Waals surface area contributed by atoms with Crippen LogP contribution in [0.15, 0.2) is 18.2 Å². The molecule has 0 saturated heterocycles. The number of aromatic hydroxyl groups is 1. The molecule has 0 amide bonds. The minimum atomic E-state index is -0.669. The highest BCUT2D eigenvalue weighted by Crippen LogP contribution is 2.35. The molecule has 0 aliphatic heterocycles. The van der Waals surface area contributed by atoms with E-state index in [4.69, 9.17) is 5.73 Å². The van der Waals surface area contributed by atoms with Gasteiger partial charge in [-0.2, -0.15) is 0 Å². The van der Waals surface area contributed by atoms with E-state index in [1.165, 1.54) is 18.2 Å². The van der Waals surface area contributed by atoms with Crippen molar-refractivity contribution >= 4 is 5.69 Å². The summed E-state index contributed by atoms with van der Waals surface area (Å²) in [6.45, 7) is 3.38. The first-order valence-corrected chi connectivity index (χ1v) is 5.13. The van der Waals surface area contributed by atoms with Gasteiger partial charge in [0, 0.05) is 24.1 Å². The third kappa shape index (κ3) is 2.72. The van der Waals surface area contributed by atoms with E-state index in [2.05, 4.69) is 0 Å². The van der Waals surface area contributed by atoms with Gasteiger partial charge in [0.1, 0.15) is 0 Å². The zero-order valence-electron chi connectivity index (χ0n) is 9.75. The van der Waals surface area contributed by atoms with Gasteiger partial charge < -0.3 is 15.9 Å². The molecule has 1 aromatic carbocycles. The van der Waals surface area contributed by atoms with Crippen molar-refractivity contribution in [1.82, 2.24) is 0 Å². The van der Waals surface area contributed by atoms with Gasteiger partial charge in [0.15, 0.2) is 5.75 Å². The average Bonchev–Trinajstić information content (AvgIpc) is 2.28. The Morgan fingerprint density at radius 3 is 2.59 bits per heavy atom. The zero-order chi connectivity index (χ0) is 13.2. The van der Waals surface area contributed by atoms with Gasteiger partial charge in [-0.1, -0.05) is 19.9 Å². The normalized spacial score (nSPS) is 13.4. The predicted octanol–water partition coefficient (Wildman–Crippen LogP) is 1.32. The number of rotatable bonds is 4. The Balaban J connectivity index is 3.16. The maximum atomic E-state index is 10.7. The fraction of sp³-hybridized carbons (Fsp3) is 0.455. The lowest BCUT2D eigenvalue weighted by atomic mass is 9.82. The van der Waals surface area contributed by atoms with Gasteiger partial charge in [0.2, 0.25) is 0 Å². The summed E-state index contributed by atoms with van der Waals surface area (Å²) < 4.78 is 0. The van der Waals surface area contributed by atoms with Gasteiger partial charge in [0.05, 0.1) is 4.92 Å². The van der Waals surface area contributed by atoms with Crippen LogP contribution < -0.4 is 5.73 Å². The van der Waals surface area contributed by atoms with Gasteiger partial charge in [-0.3, -0.25) is 10.1 Å². The Bertz CT molecular complexity index is 431. The summed E-state index contributed by atoms with van der Waals surface area (Å²) in [5.41, 5.74) is 5.47. The number of nitro benzene ring substituents is 1. The molecule has 0 saturated carbocycles. The molecule has 0 fully saturated rings. The topological polar surface area (TPSA) is 110 Å². The molecule has 0 bridgehead atoms. The summed E-state index contributed by atoms with van der Waals surface area (Å²) in [6, 6.07) is 3.44. The Morgan fingerprint density at radius 1 is 1.53 bits per heavy atom. The minimum absolute atomic E-state index is 0.136. The van der Waals surface area contributed by atoms with Crippen LogP contribution in [0.2, 0.25) is 0 Å². The highest BCUT2D eigenvalue weighted by Gasteiger charge is 2.28. The number of nitrogens with two attached hydrogens (primary N) is 1. The largest absolute Gasteiger partial charge is 0.502 e.